The molecule has 2 aromatic heterocycles. The topological polar surface area (TPSA) is 258 Å². The number of nitrogens with two attached hydrogens (primary N) is 2. The van der Waals surface area contributed by atoms with Crippen LogP contribution in [0.5, 0.6) is 0 Å². The number of carbonyl (C=O) groups is 4. The van der Waals surface area contributed by atoms with Crippen LogP contribution in [0.15, 0.2) is 97.6 Å². The van der Waals surface area contributed by atoms with Crippen LogP contribution in [0.3, 0.4) is 0 Å². The van der Waals surface area contributed by atoms with Gasteiger partial charge >= 0.3 is 16.5 Å². The van der Waals surface area contributed by atoms with Crippen LogP contribution in [0.25, 0.3) is 0 Å². The van der Waals surface area contributed by atoms with Gasteiger partial charge in [-0.2, -0.15) is 0 Å². The first-order valence-electron chi connectivity index (χ1n) is 11.0. The Kier molecular flexibility index (Phi) is 21.7. The average molecular weight is 611 g/mol. The van der Waals surface area contributed by atoms with E-state index in [0.717, 1.165) is 11.1 Å². The number of pyridine rings is 2. The van der Waals surface area contributed by atoms with E-state index in [9.17, 15) is 29.4 Å². The van der Waals surface area contributed by atoms with Crippen LogP contribution < -0.4 is 21.7 Å². The van der Waals surface area contributed by atoms with E-state index in [4.69, 9.17) is 11.5 Å². The number of benzene rings is 2. The number of aromatic carboxylic acids is 2. The van der Waals surface area contributed by atoms with E-state index >= 15 is 0 Å². The number of aromatic nitrogens is 2. The Morgan fingerprint density at radius 3 is 1.02 bits per heavy atom. The summed E-state index contributed by atoms with van der Waals surface area (Å²) in [7, 11) is 0. The number of carboxylic acid groups (broad SMARTS) is 2. The quantitative estimate of drug-likeness (QED) is 0.218. The summed E-state index contributed by atoms with van der Waals surface area (Å²) in [6.07, 6.45) is 6.05. The second-order valence-electron chi connectivity index (χ2n) is 7.52. The van der Waals surface area contributed by atoms with E-state index in [1.807, 2.05) is 13.8 Å². The molecular formula is C28H32N4NiO8+2. The largest absolute Gasteiger partial charge is 2.00 e. The van der Waals surface area contributed by atoms with Gasteiger partial charge in [0.15, 0.2) is 0 Å². The standard InChI is InChI=1S/2C8H8O2.2C6H6N2O.Ni.2H2O/c2*1-6-2-4-7(5-3-6)8(9)10;2*7-6(9)5-2-1-3-8-4-5;;;/h2*2-5H,1H3,(H,9,10);2*1-4H,(H2,7,9);;2*1H2/q;;;;+2;;. The minimum atomic E-state index is -1.12. The van der Waals surface area contributed by atoms with Gasteiger partial charge in [-0.05, 0) is 49.2 Å². The van der Waals surface area contributed by atoms with Gasteiger partial charge in [0.05, 0.1) is 23.1 Å². The van der Waals surface area contributed by atoms with Crippen LogP contribution in [0.1, 0.15) is 52.6 Å². The molecule has 0 saturated carbocycles. The van der Waals surface area contributed by atoms with E-state index in [1.165, 1.54) is 36.7 Å². The van der Waals surface area contributed by atoms with Gasteiger partial charge in [0.2, 0.25) is 11.8 Å². The van der Waals surface area contributed by atoms with Gasteiger partial charge in [-0.15, -0.1) is 0 Å². The van der Waals surface area contributed by atoms with Gasteiger partial charge < -0.3 is 42.2 Å². The van der Waals surface area contributed by atoms with Crippen molar-refractivity contribution in [2.45, 2.75) is 13.8 Å². The summed E-state index contributed by atoms with van der Waals surface area (Å²) in [5, 5.41) is 20.4. The molecule has 220 valence electrons. The molecule has 2 amide bonds. The van der Waals surface area contributed by atoms with Crippen molar-refractivity contribution >= 4 is 23.8 Å². The first kappa shape index (κ1) is 40.5. The maximum atomic E-state index is 10.4. The van der Waals surface area contributed by atoms with Gasteiger partial charge in [0.25, 0.3) is 0 Å². The summed E-state index contributed by atoms with van der Waals surface area (Å²) in [4.78, 5) is 48.6. The fourth-order valence-electron chi connectivity index (χ4n) is 2.40. The van der Waals surface area contributed by atoms with E-state index in [1.54, 1.807) is 60.9 Å². The normalized spacial score (nSPS) is 8.44. The second-order valence-corrected chi connectivity index (χ2v) is 7.52. The molecule has 13 heteroatoms. The summed E-state index contributed by atoms with van der Waals surface area (Å²) < 4.78 is 0. The number of carbonyl (C=O) groups excluding carboxylic acids is 4. The predicted octanol–water partition coefficient (Wildman–Crippen LogP) is -0.768. The third-order valence-electron chi connectivity index (χ3n) is 4.47. The molecule has 2 aromatic carbocycles. The molecule has 0 bridgehead atoms. The zero-order valence-corrected chi connectivity index (χ0v) is 23.2. The Bertz CT molecular complexity index is 1220. The molecule has 0 aliphatic rings. The maximum Gasteiger partial charge on any atom is 2.00 e. The van der Waals surface area contributed by atoms with Crippen molar-refractivity contribution < 1.29 is 56.8 Å². The minimum absolute atomic E-state index is 0. The Balaban J connectivity index is -0.000000459. The van der Waals surface area contributed by atoms with Gasteiger partial charge in [0.1, 0.15) is 0 Å². The molecule has 0 aliphatic carbocycles. The van der Waals surface area contributed by atoms with Crippen molar-refractivity contribution in [2.24, 2.45) is 11.5 Å². The van der Waals surface area contributed by atoms with E-state index in [-0.39, 0.29) is 38.6 Å². The molecule has 0 fully saturated rings. The van der Waals surface area contributed by atoms with Crippen LogP contribution in [0, 0.1) is 13.8 Å². The van der Waals surface area contributed by atoms with Crippen molar-refractivity contribution in [1.82, 2.24) is 9.97 Å². The summed E-state index contributed by atoms with van der Waals surface area (Å²) in [6, 6.07) is 19.7. The van der Waals surface area contributed by atoms with E-state index in [0.29, 0.717) is 11.1 Å². The van der Waals surface area contributed by atoms with E-state index < -0.39 is 23.8 Å². The van der Waals surface area contributed by atoms with Crippen molar-refractivity contribution in [2.75, 3.05) is 0 Å². The summed E-state index contributed by atoms with van der Waals surface area (Å²) in [5.74, 6) is -3.13. The molecule has 10 N–H and O–H groups in total. The van der Waals surface area contributed by atoms with Crippen molar-refractivity contribution in [1.29, 1.82) is 0 Å². The molecule has 0 spiro atoms. The first-order valence-corrected chi connectivity index (χ1v) is 11.0. The predicted molar refractivity (Wildman–Crippen MR) is 146 cm³/mol. The van der Waals surface area contributed by atoms with Crippen molar-refractivity contribution in [3.8, 4) is 0 Å². The Morgan fingerprint density at radius 1 is 0.561 bits per heavy atom. The molecule has 0 atom stereocenters. The smallest absolute Gasteiger partial charge is 0.545 e. The molecule has 4 rings (SSSR count). The fourth-order valence-corrected chi connectivity index (χ4v) is 2.40. The zero-order valence-electron chi connectivity index (χ0n) is 22.2. The summed E-state index contributed by atoms with van der Waals surface area (Å²) >= 11 is 0. The Hall–Kier alpha value is -4.97. The molecule has 0 radical (unpaired) electrons. The average Bonchev–Trinajstić information content (AvgIpc) is 2.91. The number of carboxylic acids is 2. The third-order valence-corrected chi connectivity index (χ3v) is 4.47. The summed E-state index contributed by atoms with van der Waals surface area (Å²) in [6.45, 7) is 3.80. The molecule has 0 saturated heterocycles. The first-order chi connectivity index (χ1) is 18.0. The number of hydrogen-bond acceptors (Lipinski definition) is 8. The molecule has 41 heavy (non-hydrogen) atoms. The van der Waals surface area contributed by atoms with Crippen LogP contribution in [0.4, 0.5) is 0 Å². The molecule has 2 heterocycles. The SMILES string of the molecule is Cc1ccc(C(=O)[O-])cc1.Cc1ccc(C(=O)[O-])cc1.NC(=O)c1cccnc1.NC(=O)c1cccnc1.[Ni+2].[OH3+].[OH3+]. The van der Waals surface area contributed by atoms with Gasteiger partial charge in [-0.25, -0.2) is 0 Å². The third kappa shape index (κ3) is 17.3. The second kappa shape index (κ2) is 21.9. The van der Waals surface area contributed by atoms with Gasteiger partial charge in [-0.3, -0.25) is 19.6 Å². The minimum Gasteiger partial charge on any atom is -0.545 e. The molecular weight excluding hydrogens is 579 g/mol. The van der Waals surface area contributed by atoms with Gasteiger partial charge in [-0.1, -0.05) is 59.7 Å². The van der Waals surface area contributed by atoms with Crippen molar-refractivity contribution in [3.63, 3.8) is 0 Å². The summed E-state index contributed by atoms with van der Waals surface area (Å²) in [5.41, 5.74) is 13.3. The van der Waals surface area contributed by atoms with Crippen LogP contribution >= 0.6 is 0 Å². The molecule has 0 unspecified atom stereocenters. The molecule has 12 nitrogen and oxygen atoms in total. The molecule has 4 aromatic rings. The Morgan fingerprint density at radius 2 is 0.854 bits per heavy atom. The number of primary amides is 2. The number of amides is 2. The number of hydrogen-bond donors (Lipinski definition) is 2. The number of aryl methyl sites for hydroxylation is 2. The van der Waals surface area contributed by atoms with E-state index in [2.05, 4.69) is 9.97 Å². The number of nitrogens with zero attached hydrogens (tertiary/aromatic N) is 2. The number of rotatable bonds is 4. The zero-order chi connectivity index (χ0) is 28.5. The van der Waals surface area contributed by atoms with Crippen LogP contribution in [-0.2, 0) is 27.4 Å². The van der Waals surface area contributed by atoms with Gasteiger partial charge in [0, 0.05) is 24.8 Å². The van der Waals surface area contributed by atoms with Crippen molar-refractivity contribution in [3.05, 3.63) is 131 Å². The monoisotopic (exact) mass is 610 g/mol. The van der Waals surface area contributed by atoms with Crippen LogP contribution in [-0.4, -0.2) is 33.7 Å². The fraction of sp³-hybridized carbons (Fsp3) is 0.0714. The van der Waals surface area contributed by atoms with Crippen LogP contribution in [0.2, 0.25) is 0 Å². The Labute approximate surface area is 246 Å². The molecule has 0 aliphatic heterocycles. The maximum absolute atomic E-state index is 10.4.